The Kier molecular flexibility index (Phi) is 4.00. The maximum Gasteiger partial charge on any atom is 0.244 e. The van der Waals surface area contributed by atoms with Crippen LogP contribution in [-0.4, -0.2) is 23.1 Å². The van der Waals surface area contributed by atoms with Crippen molar-refractivity contribution in [1.82, 2.24) is 10.6 Å². The zero-order valence-electron chi connectivity index (χ0n) is 11.5. The first-order valence-electron chi connectivity index (χ1n) is 6.84. The molecular weight excluding hydrogens is 320 g/mol. The number of nitriles is 1. The Morgan fingerprint density at radius 3 is 2.64 bits per heavy atom. The number of hydrogen-bond donors (Lipinski definition) is 2. The van der Waals surface area contributed by atoms with Gasteiger partial charge < -0.3 is 10.6 Å². The Bertz CT molecular complexity index is 725. The highest BCUT2D eigenvalue weighted by Gasteiger charge is 2.31. The van der Waals surface area contributed by atoms with Crippen molar-refractivity contribution in [2.75, 3.05) is 0 Å². The number of amides is 2. The van der Waals surface area contributed by atoms with Crippen molar-refractivity contribution in [1.29, 1.82) is 5.26 Å². The van der Waals surface area contributed by atoms with Gasteiger partial charge in [0.2, 0.25) is 11.8 Å². The quantitative estimate of drug-likeness (QED) is 0.485. The van der Waals surface area contributed by atoms with E-state index in [1.54, 1.807) is 0 Å². The Morgan fingerprint density at radius 1 is 1.27 bits per heavy atom. The van der Waals surface area contributed by atoms with Crippen LogP contribution < -0.4 is 10.6 Å². The van der Waals surface area contributed by atoms with Crippen LogP contribution in [0.5, 0.6) is 0 Å². The summed E-state index contributed by atoms with van der Waals surface area (Å²) in [4.78, 5) is 29.0. The molecule has 0 spiro atoms. The highest BCUT2D eigenvalue weighted by Crippen LogP contribution is 2.39. The van der Waals surface area contributed by atoms with Gasteiger partial charge in [-0.15, -0.1) is 11.3 Å². The molecule has 2 heterocycles. The molecular formula is C14H12N4O2S2. The first-order chi connectivity index (χ1) is 10.6. The molecule has 22 heavy (non-hydrogen) atoms. The van der Waals surface area contributed by atoms with Crippen molar-refractivity contribution >= 4 is 51.7 Å². The van der Waals surface area contributed by atoms with Crippen LogP contribution in [0.2, 0.25) is 0 Å². The van der Waals surface area contributed by atoms with Gasteiger partial charge in [-0.25, -0.2) is 4.99 Å². The zero-order chi connectivity index (χ0) is 15.7. The van der Waals surface area contributed by atoms with Gasteiger partial charge in [0.25, 0.3) is 0 Å². The predicted molar refractivity (Wildman–Crippen MR) is 86.2 cm³/mol. The van der Waals surface area contributed by atoms with E-state index < -0.39 is 17.7 Å². The fourth-order valence-corrected chi connectivity index (χ4v) is 3.96. The van der Waals surface area contributed by atoms with Gasteiger partial charge in [0.05, 0.1) is 5.56 Å². The normalized spacial score (nSPS) is 18.8. The number of carbonyl (C=O) groups excluding carboxylic acids is 2. The highest BCUT2D eigenvalue weighted by atomic mass is 32.1. The summed E-state index contributed by atoms with van der Waals surface area (Å²) in [6.45, 7) is 0. The molecule has 2 aliphatic rings. The minimum Gasteiger partial charge on any atom is -0.302 e. The van der Waals surface area contributed by atoms with Crippen molar-refractivity contribution in [3.05, 3.63) is 16.0 Å². The van der Waals surface area contributed by atoms with Crippen LogP contribution in [-0.2, 0) is 22.4 Å². The molecule has 1 aliphatic heterocycles. The molecule has 112 valence electrons. The monoisotopic (exact) mass is 332 g/mol. The molecule has 2 amide bonds. The van der Waals surface area contributed by atoms with Gasteiger partial charge in [-0.2, -0.15) is 5.26 Å². The minimum atomic E-state index is -1.03. The number of thiophene rings is 1. The van der Waals surface area contributed by atoms with Gasteiger partial charge in [0.1, 0.15) is 11.1 Å². The lowest BCUT2D eigenvalue weighted by molar-refractivity contribution is -0.131. The van der Waals surface area contributed by atoms with Gasteiger partial charge in [-0.3, -0.25) is 9.59 Å². The average molecular weight is 332 g/mol. The lowest BCUT2D eigenvalue weighted by Gasteiger charge is -2.19. The summed E-state index contributed by atoms with van der Waals surface area (Å²) in [5, 5.41) is 14.7. The van der Waals surface area contributed by atoms with E-state index in [1.807, 2.05) is 0 Å². The number of hydrogen-bond acceptors (Lipinski definition) is 6. The van der Waals surface area contributed by atoms with Crippen molar-refractivity contribution in [2.45, 2.75) is 25.7 Å². The SMILES string of the molecule is N#Cc1c(/N=C/C2C(=O)NC(=S)NC2=O)sc2c1CCCC2. The standard InChI is InChI=1S/C14H12N4O2S2/c15-5-8-7-3-1-2-4-10(7)22-13(8)16-6-9-11(19)17-14(21)18-12(9)20/h6,9H,1-4H2,(H2,17,18,19,20,21)/b16-6+. The van der Waals surface area contributed by atoms with Crippen LogP contribution in [0.1, 0.15) is 28.8 Å². The smallest absolute Gasteiger partial charge is 0.244 e. The molecule has 1 aromatic rings. The second-order valence-electron chi connectivity index (χ2n) is 5.07. The second kappa shape index (κ2) is 5.94. The maximum absolute atomic E-state index is 11.8. The molecule has 0 atom stereocenters. The van der Waals surface area contributed by atoms with Gasteiger partial charge in [0.15, 0.2) is 11.0 Å². The molecule has 0 saturated carbocycles. The van der Waals surface area contributed by atoms with Crippen LogP contribution in [0.3, 0.4) is 0 Å². The zero-order valence-corrected chi connectivity index (χ0v) is 13.1. The number of carbonyl (C=O) groups is 2. The van der Waals surface area contributed by atoms with Gasteiger partial charge >= 0.3 is 0 Å². The summed E-state index contributed by atoms with van der Waals surface area (Å²) in [6.07, 6.45) is 5.33. The lowest BCUT2D eigenvalue weighted by atomic mass is 9.96. The van der Waals surface area contributed by atoms with Crippen LogP contribution in [0.4, 0.5) is 5.00 Å². The largest absolute Gasteiger partial charge is 0.302 e. The van der Waals surface area contributed by atoms with Crippen molar-refractivity contribution in [3.63, 3.8) is 0 Å². The lowest BCUT2D eigenvalue weighted by Crippen LogP contribution is -2.56. The minimum absolute atomic E-state index is 0.00366. The molecule has 1 aliphatic carbocycles. The molecule has 0 radical (unpaired) electrons. The number of thiocarbonyl (C=S) groups is 1. The summed E-state index contributed by atoms with van der Waals surface area (Å²) in [5.41, 5.74) is 1.65. The average Bonchev–Trinajstić information content (AvgIpc) is 2.83. The fraction of sp³-hybridized carbons (Fsp3) is 0.357. The van der Waals surface area contributed by atoms with Crippen molar-refractivity contribution < 1.29 is 9.59 Å². The fourth-order valence-electron chi connectivity index (χ4n) is 2.56. The molecule has 2 N–H and O–H groups in total. The van der Waals surface area contributed by atoms with E-state index in [2.05, 4.69) is 21.7 Å². The van der Waals surface area contributed by atoms with E-state index in [0.29, 0.717) is 10.6 Å². The number of nitrogens with one attached hydrogen (secondary N) is 2. The summed E-state index contributed by atoms with van der Waals surface area (Å²) in [6, 6.07) is 2.20. The van der Waals surface area contributed by atoms with Gasteiger partial charge in [-0.1, -0.05) is 0 Å². The number of nitrogens with zero attached hydrogens (tertiary/aromatic N) is 2. The molecule has 0 aromatic carbocycles. The van der Waals surface area contributed by atoms with Crippen LogP contribution in [0.15, 0.2) is 4.99 Å². The Labute approximate surface area is 136 Å². The van der Waals surface area contributed by atoms with Crippen LogP contribution >= 0.6 is 23.6 Å². The first-order valence-corrected chi connectivity index (χ1v) is 8.07. The summed E-state index contributed by atoms with van der Waals surface area (Å²) < 4.78 is 0. The van der Waals surface area contributed by atoms with Crippen molar-refractivity contribution in [2.24, 2.45) is 10.9 Å². The van der Waals surface area contributed by atoms with Crippen molar-refractivity contribution in [3.8, 4) is 6.07 Å². The molecule has 0 bridgehead atoms. The molecule has 0 unspecified atom stereocenters. The van der Waals surface area contributed by atoms with E-state index in [0.717, 1.165) is 31.2 Å². The second-order valence-corrected chi connectivity index (χ2v) is 6.56. The molecule has 1 fully saturated rings. The highest BCUT2D eigenvalue weighted by molar-refractivity contribution is 7.80. The van der Waals surface area contributed by atoms with Gasteiger partial charge in [0, 0.05) is 11.1 Å². The molecule has 3 rings (SSSR count). The molecule has 8 heteroatoms. The first kappa shape index (κ1) is 14.8. The number of fused-ring (bicyclic) bond motifs is 1. The van der Waals surface area contributed by atoms with E-state index >= 15 is 0 Å². The Morgan fingerprint density at radius 2 is 1.95 bits per heavy atom. The summed E-state index contributed by atoms with van der Waals surface area (Å²) >= 11 is 6.21. The molecule has 1 saturated heterocycles. The maximum atomic E-state index is 11.8. The van der Waals surface area contributed by atoms with E-state index in [4.69, 9.17) is 12.2 Å². The number of rotatable bonds is 2. The van der Waals surface area contributed by atoms with E-state index in [-0.39, 0.29) is 5.11 Å². The third kappa shape index (κ3) is 2.65. The number of aliphatic imine (C=N–C) groups is 1. The Balaban J connectivity index is 1.88. The van der Waals surface area contributed by atoms with Crippen LogP contribution in [0, 0.1) is 17.2 Å². The Hall–Kier alpha value is -2.11. The third-order valence-corrected chi connectivity index (χ3v) is 5.05. The van der Waals surface area contributed by atoms with E-state index in [1.165, 1.54) is 22.4 Å². The topological polar surface area (TPSA) is 94.3 Å². The molecule has 6 nitrogen and oxygen atoms in total. The van der Waals surface area contributed by atoms with Gasteiger partial charge in [-0.05, 0) is 43.5 Å². The number of aryl methyl sites for hydroxylation is 1. The van der Waals surface area contributed by atoms with Crippen LogP contribution in [0.25, 0.3) is 0 Å². The summed E-state index contributed by atoms with van der Waals surface area (Å²) in [5.74, 6) is -2.04. The molecule has 1 aromatic heterocycles. The summed E-state index contributed by atoms with van der Waals surface area (Å²) in [7, 11) is 0. The predicted octanol–water partition coefficient (Wildman–Crippen LogP) is 1.35. The third-order valence-electron chi connectivity index (χ3n) is 3.64. The van der Waals surface area contributed by atoms with E-state index in [9.17, 15) is 14.9 Å².